The van der Waals surface area contributed by atoms with Crippen LogP contribution in [0.25, 0.3) is 0 Å². The van der Waals surface area contributed by atoms with Crippen LogP contribution in [0.1, 0.15) is 37.7 Å². The first-order chi connectivity index (χ1) is 9.24. The third-order valence-corrected chi connectivity index (χ3v) is 3.39. The lowest BCUT2D eigenvalue weighted by Gasteiger charge is -2.11. The molecule has 4 heteroatoms. The zero-order chi connectivity index (χ0) is 13.5. The molecule has 1 aromatic carbocycles. The van der Waals surface area contributed by atoms with Crippen molar-refractivity contribution in [2.75, 3.05) is 11.9 Å². The molecule has 20 heavy (non-hydrogen) atoms. The third-order valence-electron chi connectivity index (χ3n) is 3.39. The van der Waals surface area contributed by atoms with Gasteiger partial charge in [0.05, 0.1) is 0 Å². The fraction of sp³-hybridized carbons (Fsp3) is 0.438. The summed E-state index contributed by atoms with van der Waals surface area (Å²) in [6, 6.07) is 8.14. The smallest absolute Gasteiger partial charge is 0.193 e. The predicted molar refractivity (Wildman–Crippen MR) is 97.9 cm³/mol. The van der Waals surface area contributed by atoms with E-state index >= 15 is 0 Å². The highest BCUT2D eigenvalue weighted by atomic mass is 127. The Morgan fingerprint density at radius 3 is 2.90 bits per heavy atom. The Hall–Kier alpha value is -1.04. The van der Waals surface area contributed by atoms with Crippen molar-refractivity contribution in [3.05, 3.63) is 41.5 Å². The molecule has 0 saturated heterocycles. The minimum atomic E-state index is 0. The van der Waals surface area contributed by atoms with Crippen LogP contribution in [0.3, 0.4) is 0 Å². The molecule has 1 aromatic rings. The summed E-state index contributed by atoms with van der Waals surface area (Å²) in [7, 11) is 0. The number of halogens is 1. The Bertz CT molecular complexity index is 480. The normalized spacial score (nSPS) is 15.2. The number of nitrogens with one attached hydrogen (secondary N) is 1. The van der Waals surface area contributed by atoms with Crippen LogP contribution in [0.5, 0.6) is 0 Å². The van der Waals surface area contributed by atoms with E-state index in [1.165, 1.54) is 31.2 Å². The van der Waals surface area contributed by atoms with Gasteiger partial charge in [-0.2, -0.15) is 0 Å². The van der Waals surface area contributed by atoms with Gasteiger partial charge < -0.3 is 11.1 Å². The van der Waals surface area contributed by atoms with Gasteiger partial charge in [-0.15, -0.1) is 24.0 Å². The summed E-state index contributed by atoms with van der Waals surface area (Å²) in [4.78, 5) is 4.39. The van der Waals surface area contributed by atoms with E-state index in [0.29, 0.717) is 5.96 Å². The SMILES string of the molecule is Cc1cccc(NC(N)=NCCC2=CCCCC2)c1.I. The second-order valence-corrected chi connectivity index (χ2v) is 5.12. The zero-order valence-electron chi connectivity index (χ0n) is 12.1. The van der Waals surface area contributed by atoms with Crippen molar-refractivity contribution in [1.29, 1.82) is 0 Å². The summed E-state index contributed by atoms with van der Waals surface area (Å²) in [5.74, 6) is 0.502. The molecular weight excluding hydrogens is 361 g/mol. The van der Waals surface area contributed by atoms with E-state index in [1.807, 2.05) is 12.1 Å². The lowest BCUT2D eigenvalue weighted by atomic mass is 9.97. The first-order valence-electron chi connectivity index (χ1n) is 7.05. The maximum atomic E-state index is 5.89. The molecule has 3 nitrogen and oxygen atoms in total. The molecule has 0 heterocycles. The zero-order valence-corrected chi connectivity index (χ0v) is 14.4. The van der Waals surface area contributed by atoms with Crippen molar-refractivity contribution in [1.82, 2.24) is 0 Å². The van der Waals surface area contributed by atoms with Gasteiger partial charge >= 0.3 is 0 Å². The molecule has 0 aromatic heterocycles. The Morgan fingerprint density at radius 2 is 2.20 bits per heavy atom. The van der Waals surface area contributed by atoms with Crippen LogP contribution in [0.15, 0.2) is 40.9 Å². The largest absolute Gasteiger partial charge is 0.370 e. The third kappa shape index (κ3) is 5.94. The van der Waals surface area contributed by atoms with Crippen molar-refractivity contribution in [3.8, 4) is 0 Å². The summed E-state index contributed by atoms with van der Waals surface area (Å²) in [6.45, 7) is 2.84. The number of hydrogen-bond acceptors (Lipinski definition) is 1. The summed E-state index contributed by atoms with van der Waals surface area (Å²) < 4.78 is 0. The Labute approximate surface area is 138 Å². The van der Waals surface area contributed by atoms with Gasteiger partial charge in [0, 0.05) is 12.2 Å². The van der Waals surface area contributed by atoms with Gasteiger partial charge in [0.15, 0.2) is 5.96 Å². The molecule has 0 fully saturated rings. The molecule has 0 saturated carbocycles. The number of anilines is 1. The van der Waals surface area contributed by atoms with Gasteiger partial charge in [0.2, 0.25) is 0 Å². The van der Waals surface area contributed by atoms with Crippen LogP contribution in [0.2, 0.25) is 0 Å². The van der Waals surface area contributed by atoms with Crippen molar-refractivity contribution >= 4 is 35.6 Å². The van der Waals surface area contributed by atoms with Crippen molar-refractivity contribution in [3.63, 3.8) is 0 Å². The van der Waals surface area contributed by atoms with Gasteiger partial charge in [-0.1, -0.05) is 23.8 Å². The van der Waals surface area contributed by atoms with E-state index in [9.17, 15) is 0 Å². The lowest BCUT2D eigenvalue weighted by molar-refractivity contribution is 0.676. The number of guanidine groups is 1. The van der Waals surface area contributed by atoms with Crippen molar-refractivity contribution in [2.45, 2.75) is 39.0 Å². The number of rotatable bonds is 4. The monoisotopic (exact) mass is 385 g/mol. The van der Waals surface area contributed by atoms with Crippen LogP contribution in [0.4, 0.5) is 5.69 Å². The maximum Gasteiger partial charge on any atom is 0.193 e. The topological polar surface area (TPSA) is 50.4 Å². The Balaban J connectivity index is 0.00000200. The predicted octanol–water partition coefficient (Wildman–Crippen LogP) is 4.23. The lowest BCUT2D eigenvalue weighted by Crippen LogP contribution is -2.22. The van der Waals surface area contributed by atoms with Gasteiger partial charge in [0.1, 0.15) is 0 Å². The van der Waals surface area contributed by atoms with Gasteiger partial charge in [-0.3, -0.25) is 4.99 Å². The molecule has 0 radical (unpaired) electrons. The average Bonchev–Trinajstić information content (AvgIpc) is 2.40. The second kappa shape index (κ2) is 9.00. The summed E-state index contributed by atoms with van der Waals surface area (Å²) in [6.07, 6.45) is 8.53. The maximum absolute atomic E-state index is 5.89. The molecular formula is C16H24IN3. The van der Waals surface area contributed by atoms with E-state index in [1.54, 1.807) is 5.57 Å². The summed E-state index contributed by atoms with van der Waals surface area (Å²) >= 11 is 0. The molecule has 0 amide bonds. The molecule has 110 valence electrons. The summed E-state index contributed by atoms with van der Waals surface area (Å²) in [5.41, 5.74) is 9.64. The molecule has 0 aliphatic heterocycles. The second-order valence-electron chi connectivity index (χ2n) is 5.12. The van der Waals surface area contributed by atoms with E-state index in [-0.39, 0.29) is 24.0 Å². The Morgan fingerprint density at radius 1 is 1.35 bits per heavy atom. The number of nitrogens with two attached hydrogens (primary N) is 1. The molecule has 0 spiro atoms. The first kappa shape index (κ1) is 17.0. The number of aliphatic imine (C=N–C) groups is 1. The van der Waals surface area contributed by atoms with Crippen molar-refractivity contribution in [2.24, 2.45) is 10.7 Å². The number of allylic oxidation sites excluding steroid dienone is 1. The van der Waals surface area contributed by atoms with Gasteiger partial charge in [-0.25, -0.2) is 0 Å². The van der Waals surface area contributed by atoms with Crippen LogP contribution < -0.4 is 11.1 Å². The molecule has 3 N–H and O–H groups in total. The van der Waals surface area contributed by atoms with Gasteiger partial charge in [-0.05, 0) is 56.7 Å². The van der Waals surface area contributed by atoms with E-state index < -0.39 is 0 Å². The van der Waals surface area contributed by atoms with Crippen molar-refractivity contribution < 1.29 is 0 Å². The summed E-state index contributed by atoms with van der Waals surface area (Å²) in [5, 5.41) is 3.13. The number of aryl methyl sites for hydroxylation is 1. The highest BCUT2D eigenvalue weighted by molar-refractivity contribution is 14.0. The van der Waals surface area contributed by atoms with Crippen LogP contribution in [-0.4, -0.2) is 12.5 Å². The molecule has 1 aliphatic rings. The number of benzene rings is 1. The van der Waals surface area contributed by atoms with Crippen LogP contribution in [-0.2, 0) is 0 Å². The highest BCUT2D eigenvalue weighted by Crippen LogP contribution is 2.19. The molecule has 2 rings (SSSR count). The molecule has 0 atom stereocenters. The Kier molecular flexibility index (Phi) is 7.65. The molecule has 1 aliphatic carbocycles. The van der Waals surface area contributed by atoms with Crippen LogP contribution in [0, 0.1) is 6.92 Å². The quantitative estimate of drug-likeness (QED) is 0.353. The van der Waals surface area contributed by atoms with E-state index in [2.05, 4.69) is 35.4 Å². The highest BCUT2D eigenvalue weighted by Gasteiger charge is 2.02. The molecule has 0 bridgehead atoms. The van der Waals surface area contributed by atoms with Crippen LogP contribution >= 0.6 is 24.0 Å². The fourth-order valence-electron chi connectivity index (χ4n) is 2.36. The fourth-order valence-corrected chi connectivity index (χ4v) is 2.36. The minimum Gasteiger partial charge on any atom is -0.370 e. The van der Waals surface area contributed by atoms with Gasteiger partial charge in [0.25, 0.3) is 0 Å². The number of nitrogens with zero attached hydrogens (tertiary/aromatic N) is 1. The molecule has 0 unspecified atom stereocenters. The standard InChI is InChI=1S/C16H23N3.HI/c1-13-6-5-9-15(12-13)19-16(17)18-11-10-14-7-3-2-4-8-14;/h5-7,9,12H,2-4,8,10-11H2,1H3,(H3,17,18,19);1H. The first-order valence-corrected chi connectivity index (χ1v) is 7.05. The minimum absolute atomic E-state index is 0. The van der Waals surface area contributed by atoms with E-state index in [0.717, 1.165) is 18.7 Å². The number of hydrogen-bond donors (Lipinski definition) is 2. The average molecular weight is 385 g/mol. The van der Waals surface area contributed by atoms with E-state index in [4.69, 9.17) is 5.73 Å².